The van der Waals surface area contributed by atoms with Crippen molar-refractivity contribution in [2.75, 3.05) is 0 Å². The Labute approximate surface area is 189 Å². The quantitative estimate of drug-likeness (QED) is 0.117. The van der Waals surface area contributed by atoms with Crippen LogP contribution in [0.4, 0.5) is 0 Å². The first-order chi connectivity index (χ1) is 14.9. The molecule has 2 heteroatoms. The first-order valence-corrected chi connectivity index (χ1v) is 13.8. The predicted octanol–water partition coefficient (Wildman–Crippen LogP) is 9.87. The Morgan fingerprint density at radius 2 is 0.867 bits per heavy atom. The summed E-state index contributed by atoms with van der Waals surface area (Å²) in [6.07, 6.45) is 35.8. The van der Waals surface area contributed by atoms with Crippen LogP contribution >= 0.6 is 0 Å². The molecule has 0 saturated carbocycles. The van der Waals surface area contributed by atoms with Crippen LogP contribution in [0.1, 0.15) is 155 Å². The Bertz CT molecular complexity index is 389. The summed E-state index contributed by atoms with van der Waals surface area (Å²) in [5, 5.41) is 0. The maximum atomic E-state index is 4.31. The first-order valence-electron chi connectivity index (χ1n) is 13.8. The van der Waals surface area contributed by atoms with Crippen molar-refractivity contribution in [3.05, 3.63) is 6.17 Å². The van der Waals surface area contributed by atoms with E-state index in [1.807, 2.05) is 12.4 Å². The van der Waals surface area contributed by atoms with E-state index >= 15 is 0 Å². The van der Waals surface area contributed by atoms with Crippen LogP contribution in [0.25, 0.3) is 0 Å². The smallest absolute Gasteiger partial charge is 0.0968 e. The predicted molar refractivity (Wildman–Crippen MR) is 137 cm³/mol. The zero-order chi connectivity index (χ0) is 21.5. The van der Waals surface area contributed by atoms with Crippen molar-refractivity contribution in [2.24, 2.45) is 15.9 Å². The average Bonchev–Trinajstić information content (AvgIpc) is 3.28. The normalized spacial score (nSPS) is 14.1. The lowest BCUT2D eigenvalue weighted by Crippen LogP contribution is -2.02. The van der Waals surface area contributed by atoms with E-state index in [4.69, 9.17) is 0 Å². The molecular weight excluding hydrogens is 364 g/mol. The molecule has 30 heavy (non-hydrogen) atoms. The zero-order valence-corrected chi connectivity index (χ0v) is 20.7. The Morgan fingerprint density at radius 1 is 0.500 bits per heavy atom. The maximum absolute atomic E-state index is 4.31. The summed E-state index contributed by atoms with van der Waals surface area (Å²) in [4.78, 5) is 8.63. The molecule has 1 unspecified atom stereocenters. The van der Waals surface area contributed by atoms with Gasteiger partial charge in [0.15, 0.2) is 12.4 Å². The maximum Gasteiger partial charge on any atom is 0.240 e. The molecule has 0 aromatic carbocycles. The molecule has 0 N–H and O–H groups in total. The van der Waals surface area contributed by atoms with Gasteiger partial charge in [0, 0.05) is 0 Å². The fourth-order valence-corrected chi connectivity index (χ4v) is 4.68. The molecule has 1 atom stereocenters. The number of rotatable bonds is 23. The molecule has 1 aliphatic heterocycles. The molecule has 0 saturated heterocycles. The van der Waals surface area contributed by atoms with Crippen molar-refractivity contribution < 1.29 is 0 Å². The summed E-state index contributed by atoms with van der Waals surface area (Å²) in [6.45, 7) is 4.61. The number of nitrogens with zero attached hydrogens (tertiary/aromatic N) is 2. The third-order valence-corrected chi connectivity index (χ3v) is 6.71. The van der Waals surface area contributed by atoms with E-state index in [0.29, 0.717) is 0 Å². The van der Waals surface area contributed by atoms with Crippen LogP contribution in [0.5, 0.6) is 0 Å². The lowest BCUT2D eigenvalue weighted by molar-refractivity contribution is 0.367. The van der Waals surface area contributed by atoms with Gasteiger partial charge in [-0.3, -0.25) is 0 Å². The molecule has 0 radical (unpaired) electrons. The second-order valence-electron chi connectivity index (χ2n) is 9.61. The number of hydrogen-bond acceptors (Lipinski definition) is 2. The minimum Gasteiger partial charge on any atom is -0.0968 e. The minimum atomic E-state index is 0.964. The first kappa shape index (κ1) is 27.2. The SMILES string of the molecule is CCCCCCCCCCCC(CCCCCCCCC)CCCC[C+]1N=CC=N1. The Kier molecular flexibility index (Phi) is 19.5. The van der Waals surface area contributed by atoms with Gasteiger partial charge in [0.2, 0.25) is 6.17 Å². The molecule has 0 fully saturated rings. The van der Waals surface area contributed by atoms with E-state index in [1.165, 1.54) is 135 Å². The topological polar surface area (TPSA) is 24.7 Å². The molecule has 1 heterocycles. The summed E-state index contributed by atoms with van der Waals surface area (Å²) >= 11 is 0. The average molecular weight is 418 g/mol. The molecular formula is C28H53N2+. The van der Waals surface area contributed by atoms with Gasteiger partial charge in [-0.2, -0.15) is 0 Å². The van der Waals surface area contributed by atoms with Gasteiger partial charge in [-0.1, -0.05) is 152 Å². The zero-order valence-electron chi connectivity index (χ0n) is 20.7. The molecule has 174 valence electrons. The molecule has 0 aromatic heterocycles. The Balaban J connectivity index is 2.09. The highest BCUT2D eigenvalue weighted by Crippen LogP contribution is 2.26. The van der Waals surface area contributed by atoms with E-state index in [-0.39, 0.29) is 0 Å². The second kappa shape index (κ2) is 21.4. The van der Waals surface area contributed by atoms with Gasteiger partial charge < -0.3 is 0 Å². The third kappa shape index (κ3) is 16.9. The molecule has 0 amide bonds. The Hall–Kier alpha value is -0.790. The number of unbranched alkanes of at least 4 members (excludes halogenated alkanes) is 15. The minimum absolute atomic E-state index is 0.964. The van der Waals surface area contributed by atoms with Gasteiger partial charge in [-0.25, -0.2) is 0 Å². The van der Waals surface area contributed by atoms with Crippen molar-refractivity contribution in [2.45, 2.75) is 155 Å². The van der Waals surface area contributed by atoms with E-state index < -0.39 is 0 Å². The Morgan fingerprint density at radius 3 is 1.30 bits per heavy atom. The molecule has 0 aromatic rings. The van der Waals surface area contributed by atoms with Crippen LogP contribution in [0.15, 0.2) is 9.98 Å². The fourth-order valence-electron chi connectivity index (χ4n) is 4.68. The van der Waals surface area contributed by atoms with E-state index in [9.17, 15) is 0 Å². The highest BCUT2D eigenvalue weighted by molar-refractivity contribution is 6.18. The van der Waals surface area contributed by atoms with E-state index in [0.717, 1.165) is 18.5 Å². The standard InChI is InChI=1S/C28H53N2/c1-3-5-7-9-11-12-14-16-18-22-27(21-17-15-13-10-8-6-4-2)23-19-20-24-28-29-25-26-30-28/h25-27H,3-24H2,1-2H3/q+1. The van der Waals surface area contributed by atoms with Crippen molar-refractivity contribution >= 4 is 12.4 Å². The van der Waals surface area contributed by atoms with E-state index in [2.05, 4.69) is 23.8 Å². The highest BCUT2D eigenvalue weighted by atomic mass is 15.0. The molecule has 0 aliphatic carbocycles. The van der Waals surface area contributed by atoms with Crippen molar-refractivity contribution in [3.8, 4) is 0 Å². The van der Waals surface area contributed by atoms with Crippen LogP contribution in [-0.4, -0.2) is 12.4 Å². The van der Waals surface area contributed by atoms with Crippen molar-refractivity contribution in [3.63, 3.8) is 0 Å². The van der Waals surface area contributed by atoms with E-state index in [1.54, 1.807) is 0 Å². The summed E-state index contributed by atoms with van der Waals surface area (Å²) in [6, 6.07) is 0. The second-order valence-corrected chi connectivity index (χ2v) is 9.61. The van der Waals surface area contributed by atoms with Gasteiger partial charge in [0.25, 0.3) is 0 Å². The van der Waals surface area contributed by atoms with Crippen LogP contribution in [-0.2, 0) is 0 Å². The molecule has 0 spiro atoms. The molecule has 2 nitrogen and oxygen atoms in total. The van der Waals surface area contributed by atoms with Crippen LogP contribution < -0.4 is 0 Å². The largest absolute Gasteiger partial charge is 0.240 e. The molecule has 1 rings (SSSR count). The van der Waals surface area contributed by atoms with Crippen LogP contribution in [0, 0.1) is 12.1 Å². The fraction of sp³-hybridized carbons (Fsp3) is 0.893. The lowest BCUT2D eigenvalue weighted by Gasteiger charge is -2.17. The molecule has 0 bridgehead atoms. The molecule has 1 aliphatic rings. The monoisotopic (exact) mass is 417 g/mol. The van der Waals surface area contributed by atoms with Crippen molar-refractivity contribution in [1.82, 2.24) is 0 Å². The summed E-state index contributed by atoms with van der Waals surface area (Å²) in [5.74, 6) is 0.964. The summed E-state index contributed by atoms with van der Waals surface area (Å²) in [5.41, 5.74) is 0. The van der Waals surface area contributed by atoms with Gasteiger partial charge in [0.1, 0.15) is 0 Å². The van der Waals surface area contributed by atoms with Crippen molar-refractivity contribution in [1.29, 1.82) is 0 Å². The van der Waals surface area contributed by atoms with Gasteiger partial charge in [-0.15, -0.1) is 0 Å². The number of aliphatic imine (C=N–C) groups is 2. The van der Waals surface area contributed by atoms with Crippen LogP contribution in [0.3, 0.4) is 0 Å². The lowest BCUT2D eigenvalue weighted by atomic mass is 9.89. The summed E-state index contributed by atoms with van der Waals surface area (Å²) < 4.78 is 0. The van der Waals surface area contributed by atoms with Gasteiger partial charge in [-0.05, 0) is 12.3 Å². The third-order valence-electron chi connectivity index (χ3n) is 6.71. The number of hydrogen-bond donors (Lipinski definition) is 0. The van der Waals surface area contributed by atoms with Gasteiger partial charge in [0.05, 0.1) is 6.42 Å². The van der Waals surface area contributed by atoms with Crippen LogP contribution in [0.2, 0.25) is 0 Å². The highest BCUT2D eigenvalue weighted by Gasteiger charge is 2.15. The summed E-state index contributed by atoms with van der Waals surface area (Å²) in [7, 11) is 0. The van der Waals surface area contributed by atoms with Gasteiger partial charge >= 0.3 is 0 Å².